The molecule has 8 nitrogen and oxygen atoms in total. The van der Waals surface area contributed by atoms with Gasteiger partial charge in [-0.25, -0.2) is 13.8 Å². The summed E-state index contributed by atoms with van der Waals surface area (Å²) < 4.78 is 30.6. The number of sulfonamides is 1. The number of phenols is 1. The molecule has 0 aliphatic carbocycles. The molecule has 0 atom stereocenters. The first-order chi connectivity index (χ1) is 12.7. The van der Waals surface area contributed by atoms with Gasteiger partial charge in [0.1, 0.15) is 0 Å². The molecule has 0 saturated heterocycles. The third kappa shape index (κ3) is 5.43. The summed E-state index contributed by atoms with van der Waals surface area (Å²) in [7, 11) is -1.11. The van der Waals surface area contributed by atoms with Crippen LogP contribution in [0.15, 0.2) is 52.5 Å². The third-order valence-electron chi connectivity index (χ3n) is 3.49. The zero-order chi connectivity index (χ0) is 20.0. The highest BCUT2D eigenvalue weighted by Crippen LogP contribution is 2.25. The molecule has 0 aromatic heterocycles. The van der Waals surface area contributed by atoms with E-state index in [2.05, 4.69) is 10.5 Å². The summed E-state index contributed by atoms with van der Waals surface area (Å²) in [6.07, 6.45) is 1.31. The number of nitrogens with zero attached hydrogens (tertiary/aromatic N) is 2. The molecule has 27 heavy (non-hydrogen) atoms. The topological polar surface area (TPSA) is 108 Å². The molecule has 0 spiro atoms. The van der Waals surface area contributed by atoms with E-state index in [1.807, 2.05) is 0 Å². The van der Waals surface area contributed by atoms with Crippen molar-refractivity contribution in [1.82, 2.24) is 9.73 Å². The number of hydrazone groups is 1. The molecular weight excluding hydrogens is 394 g/mol. The molecule has 0 fully saturated rings. The third-order valence-corrected chi connectivity index (χ3v) is 5.56. The van der Waals surface area contributed by atoms with E-state index in [1.54, 1.807) is 12.1 Å². The Morgan fingerprint density at radius 2 is 1.96 bits per heavy atom. The van der Waals surface area contributed by atoms with E-state index in [9.17, 15) is 18.3 Å². The predicted molar refractivity (Wildman–Crippen MR) is 102 cm³/mol. The monoisotopic (exact) mass is 411 g/mol. The summed E-state index contributed by atoms with van der Waals surface area (Å²) >= 11 is 5.75. The molecule has 0 aliphatic rings. The number of aromatic hydroxyl groups is 1. The first-order valence-electron chi connectivity index (χ1n) is 7.65. The summed E-state index contributed by atoms with van der Waals surface area (Å²) in [5.74, 6) is -0.379. The fourth-order valence-corrected chi connectivity index (χ4v) is 3.33. The number of carbonyl (C=O) groups excluding carboxylic acids is 1. The van der Waals surface area contributed by atoms with Gasteiger partial charge in [-0.2, -0.15) is 9.41 Å². The van der Waals surface area contributed by atoms with Crippen LogP contribution in [0.5, 0.6) is 11.5 Å². The van der Waals surface area contributed by atoms with Crippen LogP contribution in [-0.4, -0.2) is 50.7 Å². The second-order valence-electron chi connectivity index (χ2n) is 5.44. The highest BCUT2D eigenvalue weighted by Gasteiger charge is 2.22. The number of rotatable bonds is 7. The Balaban J connectivity index is 1.96. The quantitative estimate of drug-likeness (QED) is 0.533. The fourth-order valence-electron chi connectivity index (χ4n) is 2.08. The SMILES string of the molecule is COc1ccc(/C=N\NC(=O)CN(C)S(=O)(=O)c2ccc(Cl)cc2)cc1O. The number of methoxy groups -OCH3 is 1. The smallest absolute Gasteiger partial charge is 0.255 e. The van der Waals surface area contributed by atoms with E-state index < -0.39 is 22.5 Å². The van der Waals surface area contributed by atoms with Crippen molar-refractivity contribution < 1.29 is 23.1 Å². The van der Waals surface area contributed by atoms with Crippen LogP contribution in [0.25, 0.3) is 0 Å². The van der Waals surface area contributed by atoms with Gasteiger partial charge in [-0.1, -0.05) is 11.6 Å². The number of amides is 1. The van der Waals surface area contributed by atoms with Gasteiger partial charge in [0.25, 0.3) is 5.91 Å². The van der Waals surface area contributed by atoms with Gasteiger partial charge in [0.05, 0.1) is 24.8 Å². The number of likely N-dealkylation sites (N-methyl/N-ethyl adjacent to an activating group) is 1. The van der Waals surface area contributed by atoms with Gasteiger partial charge in [-0.05, 0) is 48.0 Å². The van der Waals surface area contributed by atoms with Crippen molar-refractivity contribution >= 4 is 33.7 Å². The molecule has 2 aromatic carbocycles. The van der Waals surface area contributed by atoms with Crippen molar-refractivity contribution in [2.45, 2.75) is 4.90 Å². The molecule has 0 unspecified atom stereocenters. The Hall–Kier alpha value is -2.62. The lowest BCUT2D eigenvalue weighted by Gasteiger charge is -2.16. The van der Waals surface area contributed by atoms with Crippen molar-refractivity contribution in [3.8, 4) is 11.5 Å². The highest BCUT2D eigenvalue weighted by molar-refractivity contribution is 7.89. The Bertz CT molecular complexity index is 946. The van der Waals surface area contributed by atoms with E-state index >= 15 is 0 Å². The minimum atomic E-state index is -3.83. The van der Waals surface area contributed by atoms with Crippen molar-refractivity contribution in [2.24, 2.45) is 5.10 Å². The molecule has 1 amide bonds. The molecule has 0 aliphatic heterocycles. The minimum absolute atomic E-state index is 0.0272. The molecule has 0 saturated carbocycles. The van der Waals surface area contributed by atoms with Crippen molar-refractivity contribution in [2.75, 3.05) is 20.7 Å². The molecule has 144 valence electrons. The van der Waals surface area contributed by atoms with Crippen LogP contribution in [0.3, 0.4) is 0 Å². The number of halogens is 1. The van der Waals surface area contributed by atoms with Crippen LogP contribution in [0, 0.1) is 0 Å². The van der Waals surface area contributed by atoms with E-state index in [4.69, 9.17) is 16.3 Å². The lowest BCUT2D eigenvalue weighted by molar-refractivity contribution is -0.121. The van der Waals surface area contributed by atoms with Crippen LogP contribution in [-0.2, 0) is 14.8 Å². The molecular formula is C17H18ClN3O5S. The van der Waals surface area contributed by atoms with Crippen LogP contribution >= 0.6 is 11.6 Å². The number of nitrogens with one attached hydrogen (secondary N) is 1. The Labute approximate surface area is 162 Å². The standard InChI is InChI=1S/C17H18ClN3O5S/c1-21(27(24,25)14-6-4-13(18)5-7-14)11-17(23)20-19-10-12-3-8-16(26-2)15(22)9-12/h3-10,22H,11H2,1-2H3,(H,20,23)/b19-10-. The van der Waals surface area contributed by atoms with Crippen LogP contribution in [0.2, 0.25) is 5.02 Å². The summed E-state index contributed by atoms with van der Waals surface area (Å²) in [5, 5.41) is 13.8. The maximum atomic E-state index is 12.4. The maximum Gasteiger partial charge on any atom is 0.255 e. The van der Waals surface area contributed by atoms with E-state index in [0.29, 0.717) is 16.3 Å². The summed E-state index contributed by atoms with van der Waals surface area (Å²) in [6.45, 7) is -0.420. The molecule has 2 rings (SSSR count). The highest BCUT2D eigenvalue weighted by atomic mass is 35.5. The Morgan fingerprint density at radius 3 is 2.56 bits per heavy atom. The average molecular weight is 412 g/mol. The second-order valence-corrected chi connectivity index (χ2v) is 7.92. The predicted octanol–water partition coefficient (Wildman–Crippen LogP) is 1.82. The molecule has 2 N–H and O–H groups in total. The van der Waals surface area contributed by atoms with Gasteiger partial charge in [0, 0.05) is 12.1 Å². The lowest BCUT2D eigenvalue weighted by Crippen LogP contribution is -2.36. The zero-order valence-corrected chi connectivity index (χ0v) is 16.2. The molecule has 10 heteroatoms. The normalized spacial score (nSPS) is 11.7. The van der Waals surface area contributed by atoms with Gasteiger partial charge in [0.15, 0.2) is 11.5 Å². The molecule has 0 bridgehead atoms. The Morgan fingerprint density at radius 1 is 1.30 bits per heavy atom. The Kier molecular flexibility index (Phi) is 6.78. The van der Waals surface area contributed by atoms with Crippen LogP contribution in [0.4, 0.5) is 0 Å². The first kappa shape index (κ1) is 20.7. The molecule has 2 aromatic rings. The number of ether oxygens (including phenoxy) is 1. The van der Waals surface area contributed by atoms with E-state index in [1.165, 1.54) is 50.7 Å². The zero-order valence-electron chi connectivity index (χ0n) is 14.6. The van der Waals surface area contributed by atoms with Gasteiger partial charge in [-0.3, -0.25) is 4.79 Å². The van der Waals surface area contributed by atoms with Gasteiger partial charge in [-0.15, -0.1) is 0 Å². The van der Waals surface area contributed by atoms with Gasteiger partial charge >= 0.3 is 0 Å². The van der Waals surface area contributed by atoms with Crippen LogP contribution < -0.4 is 10.2 Å². The van der Waals surface area contributed by atoms with Crippen molar-refractivity contribution in [1.29, 1.82) is 0 Å². The summed E-state index contributed by atoms with van der Waals surface area (Å²) in [4.78, 5) is 11.9. The number of benzene rings is 2. The van der Waals surface area contributed by atoms with Crippen molar-refractivity contribution in [3.63, 3.8) is 0 Å². The van der Waals surface area contributed by atoms with Gasteiger partial charge in [0.2, 0.25) is 10.0 Å². The number of hydrogen-bond donors (Lipinski definition) is 2. The number of hydrogen-bond acceptors (Lipinski definition) is 6. The summed E-state index contributed by atoms with van der Waals surface area (Å²) in [5.41, 5.74) is 2.76. The lowest BCUT2D eigenvalue weighted by atomic mass is 10.2. The molecule has 0 heterocycles. The summed E-state index contributed by atoms with van der Waals surface area (Å²) in [6, 6.07) is 10.2. The largest absolute Gasteiger partial charge is 0.504 e. The second kappa shape index (κ2) is 8.85. The number of carbonyl (C=O) groups is 1. The minimum Gasteiger partial charge on any atom is -0.504 e. The first-order valence-corrected chi connectivity index (χ1v) is 9.46. The van der Waals surface area contributed by atoms with Crippen molar-refractivity contribution in [3.05, 3.63) is 53.1 Å². The number of phenolic OH excluding ortho intramolecular Hbond substituents is 1. The maximum absolute atomic E-state index is 12.4. The van der Waals surface area contributed by atoms with Crippen LogP contribution in [0.1, 0.15) is 5.56 Å². The van der Waals surface area contributed by atoms with E-state index in [0.717, 1.165) is 4.31 Å². The fraction of sp³-hybridized carbons (Fsp3) is 0.176. The average Bonchev–Trinajstić information content (AvgIpc) is 2.62. The van der Waals surface area contributed by atoms with E-state index in [-0.39, 0.29) is 10.6 Å². The van der Waals surface area contributed by atoms with Gasteiger partial charge < -0.3 is 9.84 Å². The molecule has 0 radical (unpaired) electrons.